The van der Waals surface area contributed by atoms with Crippen LogP contribution in [0.1, 0.15) is 12.8 Å². The maximum atomic E-state index is 13.3. The van der Waals surface area contributed by atoms with E-state index in [0.29, 0.717) is 24.7 Å². The predicted molar refractivity (Wildman–Crippen MR) is 106 cm³/mol. The molecule has 6 nitrogen and oxygen atoms in total. The zero-order valence-electron chi connectivity index (χ0n) is 14.5. The first-order chi connectivity index (χ1) is 13.0. The van der Waals surface area contributed by atoms with Gasteiger partial charge in [0.1, 0.15) is 11.6 Å². The fraction of sp³-hybridized carbons (Fsp3) is 0.389. The summed E-state index contributed by atoms with van der Waals surface area (Å²) in [6.45, 7) is 2.83. The van der Waals surface area contributed by atoms with Gasteiger partial charge in [-0.15, -0.1) is 0 Å². The number of piperazine rings is 1. The van der Waals surface area contributed by atoms with Gasteiger partial charge in [0.05, 0.1) is 9.50 Å². The minimum Gasteiger partial charge on any atom is -0.352 e. The molecule has 1 aromatic heterocycles. The summed E-state index contributed by atoms with van der Waals surface area (Å²) in [7, 11) is 0. The highest BCUT2D eigenvalue weighted by molar-refractivity contribution is 9.10. The molecule has 1 N–H and O–H groups in total. The first kappa shape index (κ1) is 18.4. The first-order valence-electron chi connectivity index (χ1n) is 8.79. The van der Waals surface area contributed by atoms with Crippen molar-refractivity contribution < 1.29 is 9.18 Å². The van der Waals surface area contributed by atoms with Crippen molar-refractivity contribution in [2.24, 2.45) is 5.92 Å². The van der Waals surface area contributed by atoms with Gasteiger partial charge in [-0.3, -0.25) is 4.79 Å². The van der Waals surface area contributed by atoms with Crippen LogP contribution in [0.4, 0.5) is 21.8 Å². The third-order valence-corrected chi connectivity index (χ3v) is 5.57. The molecular formula is C18H18BrClFN5O. The van der Waals surface area contributed by atoms with Crippen molar-refractivity contribution in [2.75, 3.05) is 36.4 Å². The van der Waals surface area contributed by atoms with Gasteiger partial charge in [-0.05, 0) is 47.0 Å². The van der Waals surface area contributed by atoms with Gasteiger partial charge in [0.25, 0.3) is 0 Å². The van der Waals surface area contributed by atoms with E-state index in [1.807, 2.05) is 4.90 Å². The number of nitrogens with one attached hydrogen (secondary N) is 1. The number of hydrogen-bond acceptors (Lipinski definition) is 5. The molecule has 0 radical (unpaired) electrons. The number of carbonyl (C=O) groups is 1. The standard InChI is InChI=1S/C18H18BrClFN5O/c19-13-10-22-18(23-12-3-4-15(21)14(20)9-12)24-16(13)25-5-7-26(8-6-25)17(27)11-1-2-11/h3-4,9-11H,1-2,5-8H2,(H,22,23,24). The second-order valence-electron chi connectivity index (χ2n) is 6.71. The van der Waals surface area contributed by atoms with Gasteiger partial charge < -0.3 is 15.1 Å². The molecule has 2 fully saturated rings. The Hall–Kier alpha value is -1.93. The van der Waals surface area contributed by atoms with Gasteiger partial charge in [-0.1, -0.05) is 11.6 Å². The molecule has 1 aliphatic carbocycles. The lowest BCUT2D eigenvalue weighted by molar-refractivity contribution is -0.132. The van der Waals surface area contributed by atoms with Crippen LogP contribution in [0, 0.1) is 11.7 Å². The molecule has 0 spiro atoms. The smallest absolute Gasteiger partial charge is 0.229 e. The largest absolute Gasteiger partial charge is 0.352 e. The van der Waals surface area contributed by atoms with Crippen molar-refractivity contribution in [1.29, 1.82) is 0 Å². The summed E-state index contributed by atoms with van der Waals surface area (Å²) >= 11 is 9.32. The van der Waals surface area contributed by atoms with Crippen LogP contribution in [0.5, 0.6) is 0 Å². The molecule has 4 rings (SSSR count). The number of halogens is 3. The van der Waals surface area contributed by atoms with Crippen LogP contribution in [0.25, 0.3) is 0 Å². The fourth-order valence-corrected chi connectivity index (χ4v) is 3.69. The lowest BCUT2D eigenvalue weighted by Gasteiger charge is -2.36. The Morgan fingerprint density at radius 1 is 1.26 bits per heavy atom. The second-order valence-corrected chi connectivity index (χ2v) is 7.97. The van der Waals surface area contributed by atoms with Crippen LogP contribution in [-0.4, -0.2) is 47.0 Å². The normalized spacial score (nSPS) is 17.1. The average Bonchev–Trinajstić information content (AvgIpc) is 3.51. The van der Waals surface area contributed by atoms with Crippen molar-refractivity contribution >= 4 is 50.9 Å². The van der Waals surface area contributed by atoms with Gasteiger partial charge in [0.15, 0.2) is 0 Å². The first-order valence-corrected chi connectivity index (χ1v) is 9.97. The molecule has 1 amide bonds. The number of hydrogen-bond donors (Lipinski definition) is 1. The maximum absolute atomic E-state index is 13.3. The Balaban J connectivity index is 1.46. The predicted octanol–water partition coefficient (Wildman–Crippen LogP) is 3.83. The summed E-state index contributed by atoms with van der Waals surface area (Å²) in [5, 5.41) is 3.08. The molecule has 1 saturated heterocycles. The van der Waals surface area contributed by atoms with E-state index in [1.165, 1.54) is 12.1 Å². The molecule has 2 aliphatic rings. The quantitative estimate of drug-likeness (QED) is 0.761. The van der Waals surface area contributed by atoms with Gasteiger partial charge in [0.2, 0.25) is 11.9 Å². The molecule has 142 valence electrons. The van der Waals surface area contributed by atoms with Crippen LogP contribution in [-0.2, 0) is 4.79 Å². The van der Waals surface area contributed by atoms with Gasteiger partial charge in [-0.25, -0.2) is 9.37 Å². The highest BCUT2D eigenvalue weighted by Crippen LogP contribution is 2.32. The van der Waals surface area contributed by atoms with Crippen LogP contribution in [0.2, 0.25) is 5.02 Å². The van der Waals surface area contributed by atoms with E-state index in [0.717, 1.165) is 36.2 Å². The van der Waals surface area contributed by atoms with Crippen LogP contribution in [0.15, 0.2) is 28.9 Å². The van der Waals surface area contributed by atoms with Crippen molar-refractivity contribution in [3.63, 3.8) is 0 Å². The Kier molecular flexibility index (Phi) is 5.19. The van der Waals surface area contributed by atoms with Crippen molar-refractivity contribution in [1.82, 2.24) is 14.9 Å². The van der Waals surface area contributed by atoms with Crippen molar-refractivity contribution in [2.45, 2.75) is 12.8 Å². The number of benzene rings is 1. The molecule has 9 heteroatoms. The average molecular weight is 455 g/mol. The Labute approximate surface area is 169 Å². The second kappa shape index (κ2) is 7.59. The molecule has 2 aromatic rings. The maximum Gasteiger partial charge on any atom is 0.229 e. The van der Waals surface area contributed by atoms with E-state index < -0.39 is 5.82 Å². The fourth-order valence-electron chi connectivity index (χ4n) is 3.07. The summed E-state index contributed by atoms with van der Waals surface area (Å²) < 4.78 is 14.1. The van der Waals surface area contributed by atoms with E-state index in [9.17, 15) is 9.18 Å². The Bertz CT molecular complexity index is 871. The number of anilines is 3. The highest BCUT2D eigenvalue weighted by Gasteiger charge is 2.34. The van der Waals surface area contributed by atoms with E-state index in [2.05, 4.69) is 36.1 Å². The summed E-state index contributed by atoms with van der Waals surface area (Å²) in [5.41, 5.74) is 0.606. The monoisotopic (exact) mass is 453 g/mol. The molecule has 0 bridgehead atoms. The molecular weight excluding hydrogens is 437 g/mol. The number of carbonyl (C=O) groups excluding carboxylic acids is 1. The molecule has 1 aromatic carbocycles. The molecule has 1 saturated carbocycles. The SMILES string of the molecule is O=C(C1CC1)N1CCN(c2nc(Nc3ccc(F)c(Cl)c3)ncc2Br)CC1. The summed E-state index contributed by atoms with van der Waals surface area (Å²) in [6, 6.07) is 4.36. The molecule has 0 atom stereocenters. The van der Waals surface area contributed by atoms with E-state index in [4.69, 9.17) is 11.6 Å². The third-order valence-electron chi connectivity index (χ3n) is 4.72. The number of rotatable bonds is 4. The molecule has 0 unspecified atom stereocenters. The summed E-state index contributed by atoms with van der Waals surface area (Å²) in [4.78, 5) is 25.1. The molecule has 1 aliphatic heterocycles. The summed E-state index contributed by atoms with van der Waals surface area (Å²) in [5.74, 6) is 1.22. The van der Waals surface area contributed by atoms with Gasteiger partial charge in [0, 0.05) is 44.0 Å². The number of amides is 1. The lowest BCUT2D eigenvalue weighted by atomic mass is 10.2. The van der Waals surface area contributed by atoms with E-state index in [1.54, 1.807) is 12.3 Å². The minimum absolute atomic E-state index is 0.0359. The molecule has 2 heterocycles. The minimum atomic E-state index is -0.474. The van der Waals surface area contributed by atoms with Crippen molar-refractivity contribution in [3.05, 3.63) is 39.7 Å². The van der Waals surface area contributed by atoms with Gasteiger partial charge >= 0.3 is 0 Å². The highest BCUT2D eigenvalue weighted by atomic mass is 79.9. The topological polar surface area (TPSA) is 61.4 Å². The van der Waals surface area contributed by atoms with Crippen molar-refractivity contribution in [3.8, 4) is 0 Å². The van der Waals surface area contributed by atoms with Crippen LogP contribution < -0.4 is 10.2 Å². The van der Waals surface area contributed by atoms with Crippen LogP contribution in [0.3, 0.4) is 0 Å². The molecule has 27 heavy (non-hydrogen) atoms. The number of nitrogens with zero attached hydrogens (tertiary/aromatic N) is 4. The zero-order valence-corrected chi connectivity index (χ0v) is 16.8. The van der Waals surface area contributed by atoms with Gasteiger partial charge in [-0.2, -0.15) is 4.98 Å². The Morgan fingerprint density at radius 2 is 2.00 bits per heavy atom. The van der Waals surface area contributed by atoms with E-state index in [-0.39, 0.29) is 16.8 Å². The zero-order chi connectivity index (χ0) is 19.0. The third kappa shape index (κ3) is 4.16. The Morgan fingerprint density at radius 3 is 2.67 bits per heavy atom. The lowest BCUT2D eigenvalue weighted by Crippen LogP contribution is -2.49. The summed E-state index contributed by atoms with van der Waals surface area (Å²) in [6.07, 6.45) is 3.73. The van der Waals surface area contributed by atoms with E-state index >= 15 is 0 Å². The van der Waals surface area contributed by atoms with Crippen LogP contribution >= 0.6 is 27.5 Å². The number of aromatic nitrogens is 2.